The normalized spacial score (nSPS) is 16.7. The van der Waals surface area contributed by atoms with E-state index in [1.165, 1.54) is 0 Å². The van der Waals surface area contributed by atoms with E-state index in [1.807, 2.05) is 30.3 Å². The van der Waals surface area contributed by atoms with Gasteiger partial charge >= 0.3 is 0 Å². The molecule has 2 heterocycles. The molecule has 0 amide bonds. The van der Waals surface area contributed by atoms with Crippen molar-refractivity contribution in [2.45, 2.75) is 24.1 Å². The fraction of sp³-hybridized carbons (Fsp3) is 0.368. The van der Waals surface area contributed by atoms with Crippen LogP contribution in [0.25, 0.3) is 0 Å². The van der Waals surface area contributed by atoms with Gasteiger partial charge in [0.05, 0.1) is 0 Å². The summed E-state index contributed by atoms with van der Waals surface area (Å²) in [7, 11) is 0. The molecule has 134 valence electrons. The van der Waals surface area contributed by atoms with Gasteiger partial charge in [0, 0.05) is 25.9 Å². The molecule has 1 saturated heterocycles. The summed E-state index contributed by atoms with van der Waals surface area (Å²) in [6, 6.07) is 12.9. The smallest absolute Gasteiger partial charge is 0.163 e. The third-order valence-electron chi connectivity index (χ3n) is 4.52. The van der Waals surface area contributed by atoms with Crippen LogP contribution in [0.4, 0.5) is 5.82 Å². The lowest BCUT2D eigenvalue weighted by molar-refractivity contribution is -0.119. The molecule has 1 unspecified atom stereocenters. The molecule has 0 saturated carbocycles. The number of hydrogen-bond donors (Lipinski definition) is 0. The zero-order valence-corrected chi connectivity index (χ0v) is 15.6. The molecule has 0 radical (unpaired) electrons. The molecule has 26 heavy (non-hydrogen) atoms. The fourth-order valence-corrected chi connectivity index (χ4v) is 3.45. The van der Waals surface area contributed by atoms with Gasteiger partial charge in [-0.15, -0.1) is 33.4 Å². The summed E-state index contributed by atoms with van der Waals surface area (Å²) in [6.45, 7) is 1.63. The highest BCUT2D eigenvalue weighted by atomic mass is 35.5. The molecular formula is C19H18Cl2N4O. The van der Waals surface area contributed by atoms with Gasteiger partial charge in [-0.1, -0.05) is 24.3 Å². The van der Waals surface area contributed by atoms with Crippen molar-refractivity contribution in [1.29, 1.82) is 5.26 Å². The van der Waals surface area contributed by atoms with Gasteiger partial charge in [0.25, 0.3) is 0 Å². The van der Waals surface area contributed by atoms with Gasteiger partial charge in [-0.25, -0.2) is 0 Å². The van der Waals surface area contributed by atoms with Crippen LogP contribution in [0.3, 0.4) is 0 Å². The molecule has 1 aliphatic rings. The first-order valence-corrected chi connectivity index (χ1v) is 9.30. The number of Topliss-reactive ketones (excluding diaryl/α,β-unsaturated/α-hetero) is 1. The first-order chi connectivity index (χ1) is 12.5. The van der Waals surface area contributed by atoms with Crippen LogP contribution < -0.4 is 4.90 Å². The van der Waals surface area contributed by atoms with Crippen molar-refractivity contribution in [1.82, 2.24) is 10.2 Å². The molecule has 1 fully saturated rings. The third-order valence-corrected chi connectivity index (χ3v) is 5.03. The number of rotatable bonds is 6. The molecule has 0 bridgehead atoms. The van der Waals surface area contributed by atoms with E-state index in [2.05, 4.69) is 15.1 Å². The summed E-state index contributed by atoms with van der Waals surface area (Å²) >= 11 is 11.6. The quantitative estimate of drug-likeness (QED) is 0.702. The topological polar surface area (TPSA) is 69.9 Å². The summed E-state index contributed by atoms with van der Waals surface area (Å²) in [5.41, 5.74) is 2.11. The van der Waals surface area contributed by atoms with E-state index in [0.29, 0.717) is 24.5 Å². The number of anilines is 1. The molecule has 0 N–H and O–H groups in total. The number of carbonyl (C=O) groups excluding carboxylic acids is 1. The van der Waals surface area contributed by atoms with Crippen molar-refractivity contribution in [3.8, 4) is 6.07 Å². The Bertz CT molecular complexity index is 800. The number of alkyl halides is 2. The number of halogens is 2. The van der Waals surface area contributed by atoms with Crippen molar-refractivity contribution < 1.29 is 4.79 Å². The number of hydrogen-bond acceptors (Lipinski definition) is 5. The molecule has 5 nitrogen and oxygen atoms in total. The van der Waals surface area contributed by atoms with E-state index in [0.717, 1.165) is 36.5 Å². The Morgan fingerprint density at radius 3 is 2.62 bits per heavy atom. The Hall–Kier alpha value is -2.16. The number of nitrogens with zero attached hydrogens (tertiary/aromatic N) is 4. The lowest BCUT2D eigenvalue weighted by atomic mass is 9.97. The molecular weight excluding hydrogens is 371 g/mol. The monoisotopic (exact) mass is 388 g/mol. The summed E-state index contributed by atoms with van der Waals surface area (Å²) in [5.74, 6) is 1.30. The van der Waals surface area contributed by atoms with E-state index in [9.17, 15) is 4.79 Å². The van der Waals surface area contributed by atoms with Crippen LogP contribution in [0.5, 0.6) is 0 Å². The van der Waals surface area contributed by atoms with Crippen molar-refractivity contribution >= 4 is 34.8 Å². The van der Waals surface area contributed by atoms with Crippen molar-refractivity contribution in [3.05, 3.63) is 53.2 Å². The summed E-state index contributed by atoms with van der Waals surface area (Å²) < 4.78 is 0. The van der Waals surface area contributed by atoms with Crippen molar-refractivity contribution in [3.63, 3.8) is 0 Å². The van der Waals surface area contributed by atoms with Crippen LogP contribution in [0.15, 0.2) is 36.4 Å². The standard InChI is InChI=1S/C19H18Cl2N4O/c20-19(21)15-3-1-13(2-4-15)9-17(26)10-14-7-8-25(12-14)18-6-5-16(11-22)23-24-18/h1-6,14,19H,7-10,12H2. The van der Waals surface area contributed by atoms with Gasteiger partial charge in [-0.2, -0.15) is 5.26 Å². The number of nitriles is 1. The Labute approximate surface area is 162 Å². The fourth-order valence-electron chi connectivity index (χ4n) is 3.16. The van der Waals surface area contributed by atoms with Gasteiger partial charge in [0.15, 0.2) is 11.5 Å². The second-order valence-corrected chi connectivity index (χ2v) is 7.55. The summed E-state index contributed by atoms with van der Waals surface area (Å²) in [4.78, 5) is 13.9. The van der Waals surface area contributed by atoms with E-state index >= 15 is 0 Å². The van der Waals surface area contributed by atoms with E-state index < -0.39 is 4.84 Å². The Kier molecular flexibility index (Phi) is 6.08. The third kappa shape index (κ3) is 4.72. The van der Waals surface area contributed by atoms with Crippen LogP contribution in [0.1, 0.15) is 34.5 Å². The number of ketones is 1. The predicted octanol–water partition coefficient (Wildman–Crippen LogP) is 3.85. The van der Waals surface area contributed by atoms with E-state index in [-0.39, 0.29) is 5.78 Å². The molecule has 1 aromatic carbocycles. The predicted molar refractivity (Wildman–Crippen MR) is 101 cm³/mol. The number of carbonyl (C=O) groups is 1. The first-order valence-electron chi connectivity index (χ1n) is 8.42. The highest BCUT2D eigenvalue weighted by Gasteiger charge is 2.25. The van der Waals surface area contributed by atoms with Crippen molar-refractivity contribution in [2.75, 3.05) is 18.0 Å². The minimum absolute atomic E-state index is 0.226. The Balaban J connectivity index is 1.51. The zero-order valence-electron chi connectivity index (χ0n) is 14.1. The maximum atomic E-state index is 12.4. The number of benzene rings is 1. The lowest BCUT2D eigenvalue weighted by Crippen LogP contribution is -2.22. The minimum atomic E-state index is -0.547. The Morgan fingerprint density at radius 2 is 2.00 bits per heavy atom. The molecule has 1 aromatic heterocycles. The van der Waals surface area contributed by atoms with Gasteiger partial charge in [-0.05, 0) is 35.6 Å². The van der Waals surface area contributed by atoms with E-state index in [4.69, 9.17) is 28.5 Å². The molecule has 0 aliphatic carbocycles. The summed E-state index contributed by atoms with van der Waals surface area (Å²) in [5, 5.41) is 16.7. The maximum absolute atomic E-state index is 12.4. The average molecular weight is 389 g/mol. The molecule has 1 aliphatic heterocycles. The van der Waals surface area contributed by atoms with Crippen LogP contribution >= 0.6 is 23.2 Å². The molecule has 0 spiro atoms. The average Bonchev–Trinajstić information content (AvgIpc) is 3.10. The highest BCUT2D eigenvalue weighted by Crippen LogP contribution is 2.26. The van der Waals surface area contributed by atoms with Gasteiger partial charge in [0.2, 0.25) is 0 Å². The van der Waals surface area contributed by atoms with Gasteiger partial charge < -0.3 is 4.90 Å². The van der Waals surface area contributed by atoms with E-state index in [1.54, 1.807) is 12.1 Å². The first kappa shape index (κ1) is 18.6. The second-order valence-electron chi connectivity index (χ2n) is 6.45. The van der Waals surface area contributed by atoms with Crippen LogP contribution in [0, 0.1) is 17.2 Å². The molecule has 7 heteroatoms. The second kappa shape index (κ2) is 8.48. The maximum Gasteiger partial charge on any atom is 0.163 e. The van der Waals surface area contributed by atoms with Crippen LogP contribution in [-0.4, -0.2) is 29.1 Å². The van der Waals surface area contributed by atoms with Crippen LogP contribution in [0.2, 0.25) is 0 Å². The number of aromatic nitrogens is 2. The molecule has 1 atom stereocenters. The molecule has 3 rings (SSSR count). The van der Waals surface area contributed by atoms with Crippen molar-refractivity contribution in [2.24, 2.45) is 5.92 Å². The van der Waals surface area contributed by atoms with Crippen LogP contribution in [-0.2, 0) is 11.2 Å². The molecule has 2 aromatic rings. The highest BCUT2D eigenvalue weighted by molar-refractivity contribution is 6.44. The Morgan fingerprint density at radius 1 is 1.23 bits per heavy atom. The van der Waals surface area contributed by atoms with Gasteiger partial charge in [-0.3, -0.25) is 4.79 Å². The van der Waals surface area contributed by atoms with Gasteiger partial charge in [0.1, 0.15) is 16.7 Å². The largest absolute Gasteiger partial charge is 0.355 e. The lowest BCUT2D eigenvalue weighted by Gasteiger charge is -2.16. The summed E-state index contributed by atoms with van der Waals surface area (Å²) in [6.07, 6.45) is 1.92. The zero-order chi connectivity index (χ0) is 18.5. The minimum Gasteiger partial charge on any atom is -0.355 e. The SMILES string of the molecule is N#Cc1ccc(N2CCC(CC(=O)Cc3ccc(C(Cl)Cl)cc3)C2)nn1.